The molecule has 0 aromatic rings. The summed E-state index contributed by atoms with van der Waals surface area (Å²) in [5.41, 5.74) is 0. The first-order valence-corrected chi connectivity index (χ1v) is 5.72. The third-order valence-corrected chi connectivity index (χ3v) is 2.31. The zero-order valence-electron chi connectivity index (χ0n) is 8.31. The molecular weight excluding hydrogens is 266 g/mol. The molecule has 0 aromatic carbocycles. The zero-order chi connectivity index (χ0) is 10.3. The Kier molecular flexibility index (Phi) is 15.6. The van der Waals surface area contributed by atoms with Crippen molar-refractivity contribution in [3.05, 3.63) is 0 Å². The molecule has 0 radical (unpaired) electrons. The summed E-state index contributed by atoms with van der Waals surface area (Å²) in [5.74, 6) is 0. The minimum absolute atomic E-state index is 0. The van der Waals surface area contributed by atoms with Crippen LogP contribution >= 0.6 is 0 Å². The van der Waals surface area contributed by atoms with E-state index in [1.807, 2.05) is 0 Å². The van der Waals surface area contributed by atoms with E-state index in [-0.39, 0.29) is 30.0 Å². The predicted octanol–water partition coefficient (Wildman–Crippen LogP) is 1.41. The van der Waals surface area contributed by atoms with E-state index in [1.165, 1.54) is 0 Å². The molecule has 13 heavy (non-hydrogen) atoms. The molecule has 7 heteroatoms. The molecule has 4 nitrogen and oxygen atoms in total. The molecule has 0 amide bonds. The second-order valence-electron chi connectivity index (χ2n) is 2.62. The third-order valence-electron chi connectivity index (χ3n) is 0.770. The number of rotatable bonds is 2. The SMILES string of the molecule is CC(C)[S-](=O)=O.CC(C)[S-](=O)=O.[Zn+2]. The van der Waals surface area contributed by atoms with Gasteiger partial charge in [-0.3, -0.25) is 0 Å². The van der Waals surface area contributed by atoms with Gasteiger partial charge in [-0.2, -0.15) is 0 Å². The summed E-state index contributed by atoms with van der Waals surface area (Å²) in [5, 5.41) is -0.463. The van der Waals surface area contributed by atoms with Crippen molar-refractivity contribution in [1.29, 1.82) is 0 Å². The van der Waals surface area contributed by atoms with Crippen molar-refractivity contribution in [2.24, 2.45) is 0 Å². The Balaban J connectivity index is -0.000000143. The largest absolute Gasteiger partial charge is 2.00 e. The molecule has 0 bridgehead atoms. The van der Waals surface area contributed by atoms with Crippen LogP contribution in [-0.2, 0) is 57.7 Å². The first-order chi connectivity index (χ1) is 5.29. The molecule has 0 aliphatic heterocycles. The van der Waals surface area contributed by atoms with Gasteiger partial charge in [0.2, 0.25) is 0 Å². The fourth-order valence-corrected chi connectivity index (χ4v) is 0. The summed E-state index contributed by atoms with van der Waals surface area (Å²) in [6.45, 7) is 6.51. The average molecular weight is 280 g/mol. The van der Waals surface area contributed by atoms with Gasteiger partial charge in [0.05, 0.1) is 0 Å². The molecule has 0 saturated carbocycles. The van der Waals surface area contributed by atoms with Crippen LogP contribution in [0.1, 0.15) is 27.7 Å². The molecule has 0 saturated heterocycles. The quantitative estimate of drug-likeness (QED) is 0.566. The van der Waals surface area contributed by atoms with Crippen molar-refractivity contribution in [2.45, 2.75) is 38.2 Å². The summed E-state index contributed by atoms with van der Waals surface area (Å²) < 4.78 is 38.8. The maximum atomic E-state index is 9.70. The first-order valence-electron chi connectivity index (χ1n) is 3.45. The standard InChI is InChI=1S/2C3H7O2S.Zn/c2*1-3(2)6(4)5;/h2*3H,1-2H3;/q2*-1;+2. The molecule has 0 N–H and O–H groups in total. The maximum Gasteiger partial charge on any atom is 2.00 e. The van der Waals surface area contributed by atoms with Gasteiger partial charge in [0.1, 0.15) is 0 Å². The Bertz CT molecular complexity index is 201. The zero-order valence-corrected chi connectivity index (χ0v) is 12.9. The monoisotopic (exact) mass is 278 g/mol. The van der Waals surface area contributed by atoms with Crippen molar-refractivity contribution >= 4 is 21.4 Å². The second kappa shape index (κ2) is 10.6. The summed E-state index contributed by atoms with van der Waals surface area (Å²) in [4.78, 5) is 0. The normalized spacial score (nSPS) is 9.85. The van der Waals surface area contributed by atoms with E-state index in [1.54, 1.807) is 27.7 Å². The van der Waals surface area contributed by atoms with Crippen molar-refractivity contribution in [3.8, 4) is 0 Å². The van der Waals surface area contributed by atoms with Crippen molar-refractivity contribution in [3.63, 3.8) is 0 Å². The van der Waals surface area contributed by atoms with Gasteiger partial charge in [0.25, 0.3) is 0 Å². The maximum absolute atomic E-state index is 9.70. The Labute approximate surface area is 95.8 Å². The molecule has 0 aliphatic rings. The fraction of sp³-hybridized carbons (Fsp3) is 1.00. The van der Waals surface area contributed by atoms with Crippen LogP contribution in [0.4, 0.5) is 0 Å². The van der Waals surface area contributed by atoms with E-state index in [9.17, 15) is 16.8 Å². The van der Waals surface area contributed by atoms with E-state index in [2.05, 4.69) is 0 Å². The van der Waals surface area contributed by atoms with Gasteiger partial charge in [0, 0.05) is 0 Å². The average Bonchev–Trinajstić information content (AvgIpc) is 1.88. The number of hydrogen-bond acceptors (Lipinski definition) is 6. The van der Waals surface area contributed by atoms with Gasteiger partial charge >= 0.3 is 19.5 Å². The Morgan fingerprint density at radius 1 is 0.692 bits per heavy atom. The first kappa shape index (κ1) is 19.2. The van der Waals surface area contributed by atoms with Crippen LogP contribution in [0.5, 0.6) is 0 Å². The summed E-state index contributed by atoms with van der Waals surface area (Å²) in [6.07, 6.45) is 0. The smallest absolute Gasteiger partial charge is 0.424 e. The van der Waals surface area contributed by atoms with Crippen LogP contribution in [0, 0.1) is 0 Å². The fourth-order valence-electron chi connectivity index (χ4n) is 0. The summed E-state index contributed by atoms with van der Waals surface area (Å²) in [7, 11) is -3.73. The summed E-state index contributed by atoms with van der Waals surface area (Å²) in [6, 6.07) is 0. The van der Waals surface area contributed by atoms with Crippen molar-refractivity contribution in [2.75, 3.05) is 0 Å². The predicted molar refractivity (Wildman–Crippen MR) is 47.7 cm³/mol. The van der Waals surface area contributed by atoms with Gasteiger partial charge in [-0.05, 0) is 0 Å². The Morgan fingerprint density at radius 3 is 0.769 bits per heavy atom. The van der Waals surface area contributed by atoms with Crippen LogP contribution in [0.15, 0.2) is 0 Å². The topological polar surface area (TPSA) is 68.3 Å². The van der Waals surface area contributed by atoms with Gasteiger partial charge in [0.15, 0.2) is 0 Å². The molecule has 0 atom stereocenters. The molecule has 0 spiro atoms. The molecule has 0 unspecified atom stereocenters. The van der Waals surface area contributed by atoms with Crippen LogP contribution < -0.4 is 0 Å². The van der Waals surface area contributed by atoms with E-state index in [0.717, 1.165) is 0 Å². The number of hydrogen-bond donors (Lipinski definition) is 0. The molecule has 0 aromatic heterocycles. The van der Waals surface area contributed by atoms with Crippen LogP contribution in [0.3, 0.4) is 0 Å². The van der Waals surface area contributed by atoms with Gasteiger partial charge < -0.3 is 16.8 Å². The van der Waals surface area contributed by atoms with Crippen LogP contribution in [0.25, 0.3) is 0 Å². The van der Waals surface area contributed by atoms with E-state index in [4.69, 9.17) is 0 Å². The molecular formula is C6H14O4S2Zn. The van der Waals surface area contributed by atoms with Crippen molar-refractivity contribution in [1.82, 2.24) is 0 Å². The minimum atomic E-state index is -1.87. The van der Waals surface area contributed by atoms with E-state index in [0.29, 0.717) is 0 Å². The Hall–Kier alpha value is 0.523. The van der Waals surface area contributed by atoms with Gasteiger partial charge in [-0.15, -0.1) is 0 Å². The van der Waals surface area contributed by atoms with Gasteiger partial charge in [-0.1, -0.05) is 59.6 Å². The third kappa shape index (κ3) is 19.1. The molecule has 0 heterocycles. The Morgan fingerprint density at radius 2 is 0.769 bits per heavy atom. The molecule has 0 aliphatic carbocycles. The summed E-state index contributed by atoms with van der Waals surface area (Å²) >= 11 is 0. The van der Waals surface area contributed by atoms with Crippen LogP contribution in [0.2, 0.25) is 0 Å². The molecule has 0 fully saturated rings. The van der Waals surface area contributed by atoms with Crippen molar-refractivity contribution < 1.29 is 36.3 Å². The van der Waals surface area contributed by atoms with Crippen LogP contribution in [-0.4, -0.2) is 10.5 Å². The second-order valence-corrected chi connectivity index (χ2v) is 5.55. The molecule has 76 valence electrons. The van der Waals surface area contributed by atoms with E-state index >= 15 is 0 Å². The van der Waals surface area contributed by atoms with Gasteiger partial charge in [-0.25, -0.2) is 0 Å². The minimum Gasteiger partial charge on any atom is -0.424 e. The molecule has 0 rings (SSSR count). The van der Waals surface area contributed by atoms with E-state index < -0.39 is 21.4 Å².